The van der Waals surface area contributed by atoms with Crippen LogP contribution in [0.5, 0.6) is 5.75 Å². The topological polar surface area (TPSA) is 20.2 Å². The second-order valence-electron chi connectivity index (χ2n) is 14.8. The minimum absolute atomic E-state index is 0.539. The van der Waals surface area contributed by atoms with Crippen LogP contribution in [0.15, 0.2) is 84.9 Å². The molecule has 0 saturated carbocycles. The maximum atomic E-state index is 10.5. The Labute approximate surface area is 303 Å². The van der Waals surface area contributed by atoms with Crippen LogP contribution in [-0.2, 0) is 19.3 Å². The largest absolute Gasteiger partial charge is 0.508 e. The van der Waals surface area contributed by atoms with E-state index in [1.165, 1.54) is 169 Å². The van der Waals surface area contributed by atoms with Gasteiger partial charge in [0.25, 0.3) is 0 Å². The van der Waals surface area contributed by atoms with Gasteiger partial charge >= 0.3 is 0 Å². The van der Waals surface area contributed by atoms with Crippen LogP contribution in [0.3, 0.4) is 0 Å². The highest BCUT2D eigenvalue weighted by Gasteiger charge is 2.13. The smallest absolute Gasteiger partial charge is 0.119 e. The van der Waals surface area contributed by atoms with E-state index in [1.54, 1.807) is 0 Å². The van der Waals surface area contributed by atoms with E-state index >= 15 is 0 Å². The Morgan fingerprint density at radius 2 is 0.740 bits per heavy atom. The molecule has 0 heterocycles. The van der Waals surface area contributed by atoms with E-state index < -0.39 is 0 Å². The lowest BCUT2D eigenvalue weighted by molar-refractivity contribution is 0.463. The first-order valence-corrected chi connectivity index (χ1v) is 20.5. The molecule has 0 radical (unpaired) electrons. The third-order valence-corrected chi connectivity index (χ3v) is 11.1. The zero-order chi connectivity index (χ0) is 35.0. The Kier molecular flexibility index (Phi) is 15.3. The summed E-state index contributed by atoms with van der Waals surface area (Å²) < 4.78 is 0. The molecule has 50 heavy (non-hydrogen) atoms. The number of benzene rings is 6. The monoisotopic (exact) mass is 668 g/mol. The molecule has 0 fully saturated rings. The van der Waals surface area contributed by atoms with Crippen molar-refractivity contribution in [2.24, 2.45) is 0 Å². The van der Waals surface area contributed by atoms with Gasteiger partial charge in [-0.1, -0.05) is 196 Å². The summed E-state index contributed by atoms with van der Waals surface area (Å²) in [5, 5.41) is 21.4. The number of aromatic hydroxyl groups is 1. The quantitative estimate of drug-likeness (QED) is 0.0488. The number of hydrogen-bond donors (Lipinski definition) is 1. The number of fused-ring (bicyclic) bond motifs is 2. The summed E-state index contributed by atoms with van der Waals surface area (Å²) in [7, 11) is 0. The molecule has 1 N–H and O–H groups in total. The molecular weight excluding hydrogens is 605 g/mol. The van der Waals surface area contributed by atoms with Crippen molar-refractivity contribution < 1.29 is 5.11 Å². The van der Waals surface area contributed by atoms with E-state index in [4.69, 9.17) is 0 Å². The molecule has 0 aliphatic heterocycles. The summed E-state index contributed by atoms with van der Waals surface area (Å²) >= 11 is 0. The standard InChI is InChI=1S/C29H52O.C20H12/c1-4-7-9-11-12-13-14-15-16-17-18-19-21-23-28-27(22-20-10-8-5-2)26(6-3)24-25-29(28)30;1-5-13-6-2-11-17-18-12-4-8-14-7-3-10-16(20(14)18)15(9-1)19(13)17/h24-25,30H,4-23H2,1-3H3;1-12H. The molecule has 0 amide bonds. The molecule has 1 heteroatoms. The van der Waals surface area contributed by atoms with Crippen LogP contribution in [0.2, 0.25) is 0 Å². The van der Waals surface area contributed by atoms with Gasteiger partial charge in [0.15, 0.2) is 0 Å². The van der Waals surface area contributed by atoms with Crippen LogP contribution < -0.4 is 0 Å². The fraction of sp³-hybridized carbons (Fsp3) is 0.469. The number of hydrogen-bond acceptors (Lipinski definition) is 1. The van der Waals surface area contributed by atoms with Crippen molar-refractivity contribution in [3.05, 3.63) is 102 Å². The van der Waals surface area contributed by atoms with E-state index in [-0.39, 0.29) is 0 Å². The third-order valence-electron chi connectivity index (χ3n) is 11.1. The van der Waals surface area contributed by atoms with Crippen molar-refractivity contribution >= 4 is 43.1 Å². The lowest BCUT2D eigenvalue weighted by Gasteiger charge is -2.16. The molecular formula is C49H64O. The second-order valence-corrected chi connectivity index (χ2v) is 14.8. The minimum Gasteiger partial charge on any atom is -0.508 e. The van der Waals surface area contributed by atoms with Gasteiger partial charge in [-0.25, -0.2) is 0 Å². The summed E-state index contributed by atoms with van der Waals surface area (Å²) in [6.07, 6.45) is 26.6. The van der Waals surface area contributed by atoms with Gasteiger partial charge in [0.05, 0.1) is 0 Å². The van der Waals surface area contributed by atoms with Crippen LogP contribution in [-0.4, -0.2) is 5.11 Å². The highest BCUT2D eigenvalue weighted by molar-refractivity contribution is 6.32. The van der Waals surface area contributed by atoms with Gasteiger partial charge in [0.2, 0.25) is 0 Å². The molecule has 1 nitrogen and oxygen atoms in total. The second kappa shape index (κ2) is 20.3. The summed E-state index contributed by atoms with van der Waals surface area (Å²) in [5.41, 5.74) is 4.18. The molecule has 6 rings (SSSR count). The summed E-state index contributed by atoms with van der Waals surface area (Å²) in [5.74, 6) is 0.539. The van der Waals surface area contributed by atoms with Crippen LogP contribution in [0.4, 0.5) is 0 Å². The first kappa shape index (κ1) is 37.7. The van der Waals surface area contributed by atoms with Crippen molar-refractivity contribution in [2.45, 2.75) is 149 Å². The summed E-state index contributed by atoms with van der Waals surface area (Å²) in [6.45, 7) is 6.81. The molecule has 266 valence electrons. The Bertz CT molecular complexity index is 1690. The van der Waals surface area contributed by atoms with Crippen LogP contribution in [0.25, 0.3) is 43.1 Å². The molecule has 6 aromatic rings. The van der Waals surface area contributed by atoms with Gasteiger partial charge in [-0.2, -0.15) is 0 Å². The number of phenols is 1. The van der Waals surface area contributed by atoms with Crippen molar-refractivity contribution in [3.8, 4) is 5.75 Å². The molecule has 0 aromatic heterocycles. The number of aryl methyl sites for hydroxylation is 1. The number of unbranched alkanes of at least 4 members (excludes halogenated alkanes) is 15. The van der Waals surface area contributed by atoms with Gasteiger partial charge in [-0.3, -0.25) is 0 Å². The van der Waals surface area contributed by atoms with Crippen LogP contribution >= 0.6 is 0 Å². The van der Waals surface area contributed by atoms with Crippen molar-refractivity contribution in [1.82, 2.24) is 0 Å². The lowest BCUT2D eigenvalue weighted by Crippen LogP contribution is -2.01. The van der Waals surface area contributed by atoms with E-state index in [0.29, 0.717) is 5.75 Å². The Balaban J connectivity index is 0.000000207. The van der Waals surface area contributed by atoms with Crippen LogP contribution in [0.1, 0.15) is 147 Å². The summed E-state index contributed by atoms with van der Waals surface area (Å²) in [6, 6.07) is 30.5. The molecule has 0 atom stereocenters. The molecule has 0 aliphatic rings. The van der Waals surface area contributed by atoms with Crippen LogP contribution in [0, 0.1) is 0 Å². The SMILES string of the molecule is CCCCCCCCCCCCCCCc1c(O)ccc(CC)c1CCCCCC.c1cc2cccc3c4cccc5cccc(c(c1)c23)c54. The molecule has 0 saturated heterocycles. The molecule has 0 bridgehead atoms. The van der Waals surface area contributed by atoms with Gasteiger partial charge in [0.1, 0.15) is 5.75 Å². The fourth-order valence-corrected chi connectivity index (χ4v) is 8.28. The predicted molar refractivity (Wildman–Crippen MR) is 222 cm³/mol. The Hall–Kier alpha value is -3.58. The van der Waals surface area contributed by atoms with Gasteiger partial charge < -0.3 is 5.11 Å². The summed E-state index contributed by atoms with van der Waals surface area (Å²) in [4.78, 5) is 0. The average molecular weight is 669 g/mol. The van der Waals surface area contributed by atoms with E-state index in [9.17, 15) is 5.11 Å². The highest BCUT2D eigenvalue weighted by atomic mass is 16.3. The Morgan fingerprint density at radius 3 is 1.14 bits per heavy atom. The van der Waals surface area contributed by atoms with E-state index in [0.717, 1.165) is 19.3 Å². The highest BCUT2D eigenvalue weighted by Crippen LogP contribution is 2.39. The Morgan fingerprint density at radius 1 is 0.380 bits per heavy atom. The zero-order valence-corrected chi connectivity index (χ0v) is 31.7. The first-order chi connectivity index (χ1) is 24.7. The van der Waals surface area contributed by atoms with Gasteiger partial charge in [-0.05, 0) is 98.0 Å². The van der Waals surface area contributed by atoms with E-state index in [2.05, 4.69) is 99.6 Å². The number of rotatable bonds is 20. The van der Waals surface area contributed by atoms with E-state index in [1.807, 2.05) is 6.07 Å². The number of phenolic OH excluding ortho intramolecular Hbond substituents is 1. The molecule has 0 unspecified atom stereocenters. The minimum atomic E-state index is 0.539. The first-order valence-electron chi connectivity index (χ1n) is 20.5. The maximum Gasteiger partial charge on any atom is 0.119 e. The molecule has 6 aromatic carbocycles. The fourth-order valence-electron chi connectivity index (χ4n) is 8.28. The average Bonchev–Trinajstić information content (AvgIpc) is 3.15. The van der Waals surface area contributed by atoms with Crippen molar-refractivity contribution in [3.63, 3.8) is 0 Å². The molecule has 0 aliphatic carbocycles. The maximum absolute atomic E-state index is 10.5. The zero-order valence-electron chi connectivity index (χ0n) is 31.7. The lowest BCUT2D eigenvalue weighted by atomic mass is 9.90. The van der Waals surface area contributed by atoms with Gasteiger partial charge in [0, 0.05) is 0 Å². The molecule has 0 spiro atoms. The third kappa shape index (κ3) is 9.80. The van der Waals surface area contributed by atoms with Crippen molar-refractivity contribution in [2.75, 3.05) is 0 Å². The van der Waals surface area contributed by atoms with Crippen molar-refractivity contribution in [1.29, 1.82) is 0 Å². The predicted octanol–water partition coefficient (Wildman–Crippen LogP) is 15.4. The van der Waals surface area contributed by atoms with Gasteiger partial charge in [-0.15, -0.1) is 0 Å². The normalized spacial score (nSPS) is 11.6.